The Labute approximate surface area is 94.3 Å². The van der Waals surface area contributed by atoms with Crippen molar-refractivity contribution in [1.29, 1.82) is 0 Å². The molecule has 0 amide bonds. The molecule has 0 atom stereocenters. The van der Waals surface area contributed by atoms with Crippen LogP contribution in [0.5, 0.6) is 0 Å². The van der Waals surface area contributed by atoms with Crippen LogP contribution in [0.1, 0.15) is 0 Å². The van der Waals surface area contributed by atoms with Gasteiger partial charge in [0, 0.05) is 18.0 Å². The Balaban J connectivity index is 2.00. The van der Waals surface area contributed by atoms with Crippen molar-refractivity contribution in [1.82, 2.24) is 23.9 Å². The first-order valence-corrected chi connectivity index (χ1v) is 5.18. The average molecular weight is 231 g/mol. The highest BCUT2D eigenvalue weighted by atomic mass is 32.1. The fourth-order valence-electron chi connectivity index (χ4n) is 1.20. The molecule has 0 unspecified atom stereocenters. The Morgan fingerprint density at radius 2 is 2.06 bits per heavy atom. The molecule has 0 radical (unpaired) electrons. The molecule has 16 heavy (non-hydrogen) atoms. The number of aromatic nitrogens is 5. The maximum atomic E-state index is 5.09. The molecule has 0 saturated carbocycles. The zero-order valence-corrected chi connectivity index (χ0v) is 8.76. The Morgan fingerprint density at radius 1 is 1.19 bits per heavy atom. The Hall–Kier alpha value is -2.15. The number of hydrogen-bond donors (Lipinski definition) is 0. The molecular formula is C9H5N5OS. The van der Waals surface area contributed by atoms with Crippen molar-refractivity contribution in [2.24, 2.45) is 0 Å². The minimum absolute atomic E-state index is 0.376. The minimum Gasteiger partial charge on any atom is -0.332 e. The van der Waals surface area contributed by atoms with Gasteiger partial charge in [-0.25, -0.2) is 0 Å². The third-order valence-corrected chi connectivity index (χ3v) is 2.42. The topological polar surface area (TPSA) is 77.6 Å². The van der Waals surface area contributed by atoms with Gasteiger partial charge in [-0.1, -0.05) is 5.16 Å². The van der Waals surface area contributed by atoms with Crippen molar-refractivity contribution >= 4 is 11.7 Å². The summed E-state index contributed by atoms with van der Waals surface area (Å²) in [4.78, 5) is 8.14. The van der Waals surface area contributed by atoms with Crippen LogP contribution in [-0.4, -0.2) is 23.9 Å². The summed E-state index contributed by atoms with van der Waals surface area (Å²) in [5, 5.41) is 3.87. The quantitative estimate of drug-likeness (QED) is 0.667. The van der Waals surface area contributed by atoms with Crippen LogP contribution in [0.2, 0.25) is 0 Å². The van der Waals surface area contributed by atoms with E-state index in [1.165, 1.54) is 0 Å². The Morgan fingerprint density at radius 3 is 2.81 bits per heavy atom. The van der Waals surface area contributed by atoms with Gasteiger partial charge in [0.25, 0.3) is 5.89 Å². The summed E-state index contributed by atoms with van der Waals surface area (Å²) < 4.78 is 13.0. The third kappa shape index (κ3) is 1.57. The third-order valence-electron chi connectivity index (χ3n) is 1.94. The van der Waals surface area contributed by atoms with Crippen LogP contribution < -0.4 is 0 Å². The normalized spacial score (nSPS) is 10.5. The van der Waals surface area contributed by atoms with Gasteiger partial charge >= 0.3 is 0 Å². The minimum atomic E-state index is 0.376. The van der Waals surface area contributed by atoms with Gasteiger partial charge in [0.2, 0.25) is 5.82 Å². The maximum Gasteiger partial charge on any atom is 0.279 e. The molecule has 0 aromatic carbocycles. The van der Waals surface area contributed by atoms with E-state index >= 15 is 0 Å². The summed E-state index contributed by atoms with van der Waals surface area (Å²) in [7, 11) is 0. The molecule has 0 saturated heterocycles. The summed E-state index contributed by atoms with van der Waals surface area (Å²) in [5.74, 6) is 0.894. The van der Waals surface area contributed by atoms with Gasteiger partial charge in [0.05, 0.1) is 17.9 Å². The second-order valence-corrected chi connectivity index (χ2v) is 3.51. The molecular weight excluding hydrogens is 226 g/mol. The lowest BCUT2D eigenvalue weighted by Gasteiger charge is -1.89. The monoisotopic (exact) mass is 231 g/mol. The largest absolute Gasteiger partial charge is 0.332 e. The molecule has 0 aliphatic carbocycles. The molecule has 0 aliphatic rings. The van der Waals surface area contributed by atoms with Crippen molar-refractivity contribution in [3.05, 3.63) is 30.7 Å². The van der Waals surface area contributed by atoms with E-state index in [4.69, 9.17) is 4.52 Å². The van der Waals surface area contributed by atoms with E-state index < -0.39 is 0 Å². The van der Waals surface area contributed by atoms with E-state index in [1.54, 1.807) is 18.6 Å². The van der Waals surface area contributed by atoms with Crippen LogP contribution in [0.4, 0.5) is 0 Å². The number of pyridine rings is 1. The molecule has 0 aliphatic heterocycles. The highest BCUT2D eigenvalue weighted by Crippen LogP contribution is 2.19. The second-order valence-electron chi connectivity index (χ2n) is 2.95. The fourth-order valence-corrected chi connectivity index (χ4v) is 1.61. The molecule has 0 N–H and O–H groups in total. The summed E-state index contributed by atoms with van der Waals surface area (Å²) >= 11 is 1.10. The molecule has 78 valence electrons. The van der Waals surface area contributed by atoms with Crippen molar-refractivity contribution < 1.29 is 4.52 Å². The highest BCUT2D eigenvalue weighted by Gasteiger charge is 2.12. The molecule has 3 aromatic rings. The van der Waals surface area contributed by atoms with Crippen molar-refractivity contribution in [2.45, 2.75) is 0 Å². The summed E-state index contributed by atoms with van der Waals surface area (Å²) in [6.07, 6.45) is 4.94. The van der Waals surface area contributed by atoms with Gasteiger partial charge < -0.3 is 4.52 Å². The van der Waals surface area contributed by atoms with Gasteiger partial charge in [-0.05, 0) is 12.1 Å². The number of hydrogen-bond acceptors (Lipinski definition) is 7. The number of rotatable bonds is 2. The summed E-state index contributed by atoms with van der Waals surface area (Å²) in [6.45, 7) is 0. The number of nitrogens with zero attached hydrogens (tertiary/aromatic N) is 5. The molecule has 0 spiro atoms. The van der Waals surface area contributed by atoms with E-state index in [0.29, 0.717) is 17.4 Å². The Kier molecular flexibility index (Phi) is 2.15. The van der Waals surface area contributed by atoms with Gasteiger partial charge in [0.1, 0.15) is 0 Å². The molecule has 3 aromatic heterocycles. The molecule has 6 nitrogen and oxygen atoms in total. The van der Waals surface area contributed by atoms with Crippen molar-refractivity contribution in [2.75, 3.05) is 0 Å². The van der Waals surface area contributed by atoms with Crippen LogP contribution in [0.3, 0.4) is 0 Å². The van der Waals surface area contributed by atoms with E-state index in [-0.39, 0.29) is 0 Å². The van der Waals surface area contributed by atoms with E-state index in [2.05, 4.69) is 23.9 Å². The summed E-state index contributed by atoms with van der Waals surface area (Å²) in [6, 6.07) is 3.63. The van der Waals surface area contributed by atoms with Gasteiger partial charge in [0.15, 0.2) is 5.69 Å². The summed E-state index contributed by atoms with van der Waals surface area (Å²) in [5.41, 5.74) is 1.45. The zero-order valence-electron chi connectivity index (χ0n) is 7.94. The van der Waals surface area contributed by atoms with E-state index in [0.717, 1.165) is 17.3 Å². The van der Waals surface area contributed by atoms with Crippen LogP contribution >= 0.6 is 11.7 Å². The lowest BCUT2D eigenvalue weighted by Crippen LogP contribution is -1.81. The zero-order chi connectivity index (χ0) is 10.8. The van der Waals surface area contributed by atoms with Crippen LogP contribution in [0.15, 0.2) is 35.2 Å². The first-order chi connectivity index (χ1) is 7.93. The standard InChI is InChI=1S/C9H5N5OS/c1-3-10-4-2-6(1)8-12-9(15-13-8)7-5-11-16-14-7/h1-5H. The molecule has 0 bridgehead atoms. The van der Waals surface area contributed by atoms with E-state index in [9.17, 15) is 0 Å². The predicted octanol–water partition coefficient (Wildman–Crippen LogP) is 1.65. The SMILES string of the molecule is c1cc(-c2noc(-c3cnsn3)n2)ccn1. The van der Waals surface area contributed by atoms with Crippen LogP contribution in [-0.2, 0) is 0 Å². The maximum absolute atomic E-state index is 5.09. The van der Waals surface area contributed by atoms with Crippen LogP contribution in [0.25, 0.3) is 23.0 Å². The van der Waals surface area contributed by atoms with Crippen molar-refractivity contribution in [3.63, 3.8) is 0 Å². The molecule has 3 heterocycles. The predicted molar refractivity (Wildman–Crippen MR) is 56.4 cm³/mol. The van der Waals surface area contributed by atoms with Crippen LogP contribution in [0, 0.1) is 0 Å². The van der Waals surface area contributed by atoms with Crippen molar-refractivity contribution in [3.8, 4) is 23.0 Å². The molecule has 7 heteroatoms. The van der Waals surface area contributed by atoms with E-state index in [1.807, 2.05) is 12.1 Å². The molecule has 0 fully saturated rings. The average Bonchev–Trinajstić information content (AvgIpc) is 3.01. The second kappa shape index (κ2) is 3.78. The fraction of sp³-hybridized carbons (Fsp3) is 0. The Bertz CT molecular complexity index is 577. The lowest BCUT2D eigenvalue weighted by molar-refractivity contribution is 0.431. The highest BCUT2D eigenvalue weighted by molar-refractivity contribution is 6.99. The van der Waals surface area contributed by atoms with Gasteiger partial charge in [-0.15, -0.1) is 0 Å². The van der Waals surface area contributed by atoms with Gasteiger partial charge in [-0.2, -0.15) is 13.7 Å². The smallest absolute Gasteiger partial charge is 0.279 e. The van der Waals surface area contributed by atoms with Gasteiger partial charge in [-0.3, -0.25) is 4.98 Å². The lowest BCUT2D eigenvalue weighted by atomic mass is 10.2. The first-order valence-electron chi connectivity index (χ1n) is 4.45. The molecule has 3 rings (SSSR count). The first kappa shape index (κ1) is 9.10.